The number of ketones is 2. The third-order valence-electron chi connectivity index (χ3n) is 3.27. The van der Waals surface area contributed by atoms with Gasteiger partial charge < -0.3 is 4.42 Å². The second kappa shape index (κ2) is 6.30. The molecule has 3 rings (SSSR count). The van der Waals surface area contributed by atoms with E-state index in [1.807, 2.05) is 0 Å². The van der Waals surface area contributed by atoms with Crippen molar-refractivity contribution in [2.24, 2.45) is 0 Å². The molecule has 0 unspecified atom stereocenters. The lowest BCUT2D eigenvalue weighted by atomic mass is 10.0. The van der Waals surface area contributed by atoms with Crippen molar-refractivity contribution in [2.45, 2.75) is 12.8 Å². The van der Waals surface area contributed by atoms with Gasteiger partial charge in [-0.15, -0.1) is 10.2 Å². The van der Waals surface area contributed by atoms with Gasteiger partial charge in [0.05, 0.1) is 12.7 Å². The molecule has 0 amide bonds. The molecule has 1 aromatic carbocycles. The van der Waals surface area contributed by atoms with Crippen molar-refractivity contribution >= 4 is 11.6 Å². The number of aromatic nitrogens is 4. The summed E-state index contributed by atoms with van der Waals surface area (Å²) in [5.41, 5.74) is 1.62. The maximum atomic E-state index is 12.9. The summed E-state index contributed by atoms with van der Waals surface area (Å²) < 4.78 is 18.2. The SMILES string of the molecule is O=C(Cc1occc1Cc1ccc(F)cc1)C(=O)c1nn[nH]n1. The molecule has 0 bridgehead atoms. The second-order valence-electron chi connectivity index (χ2n) is 4.84. The summed E-state index contributed by atoms with van der Waals surface area (Å²) >= 11 is 0. The predicted molar refractivity (Wildman–Crippen MR) is 75.1 cm³/mol. The number of H-pyrrole nitrogens is 1. The van der Waals surface area contributed by atoms with E-state index in [4.69, 9.17) is 4.42 Å². The first-order valence-corrected chi connectivity index (χ1v) is 6.74. The van der Waals surface area contributed by atoms with Crippen LogP contribution in [0.3, 0.4) is 0 Å². The number of benzene rings is 1. The minimum Gasteiger partial charge on any atom is -0.469 e. The van der Waals surface area contributed by atoms with Gasteiger partial charge in [-0.25, -0.2) is 4.39 Å². The Bertz CT molecular complexity index is 825. The van der Waals surface area contributed by atoms with Crippen LogP contribution in [-0.2, 0) is 17.6 Å². The van der Waals surface area contributed by atoms with E-state index >= 15 is 0 Å². The number of nitrogens with zero attached hydrogens (tertiary/aromatic N) is 3. The Morgan fingerprint density at radius 2 is 1.96 bits per heavy atom. The molecule has 3 aromatic rings. The van der Waals surface area contributed by atoms with Gasteiger partial charge in [0, 0.05) is 6.42 Å². The smallest absolute Gasteiger partial charge is 0.269 e. The van der Waals surface area contributed by atoms with Gasteiger partial charge >= 0.3 is 0 Å². The summed E-state index contributed by atoms with van der Waals surface area (Å²) in [7, 11) is 0. The summed E-state index contributed by atoms with van der Waals surface area (Å²) in [6.45, 7) is 0. The monoisotopic (exact) mass is 314 g/mol. The Morgan fingerprint density at radius 1 is 1.17 bits per heavy atom. The predicted octanol–water partition coefficient (Wildman–Crippen LogP) is 1.52. The standard InChI is InChI=1S/C15H11FN4O3/c16-11-3-1-9(2-4-11)7-10-5-6-23-13(10)8-12(21)14(22)15-17-19-20-18-15/h1-6H,7-8H2,(H,17,18,19,20). The Balaban J connectivity index is 1.72. The zero-order valence-corrected chi connectivity index (χ0v) is 11.8. The van der Waals surface area contributed by atoms with E-state index in [0.717, 1.165) is 11.1 Å². The van der Waals surface area contributed by atoms with Crippen LogP contribution in [0.4, 0.5) is 4.39 Å². The largest absolute Gasteiger partial charge is 0.469 e. The number of hydrogen-bond donors (Lipinski definition) is 1. The number of furan rings is 1. The molecule has 2 heterocycles. The third-order valence-corrected chi connectivity index (χ3v) is 3.27. The molecule has 0 atom stereocenters. The Labute approximate surface area is 129 Å². The molecular formula is C15H11FN4O3. The average Bonchev–Trinajstić information content (AvgIpc) is 3.21. The zero-order valence-electron chi connectivity index (χ0n) is 11.8. The van der Waals surface area contributed by atoms with Gasteiger partial charge in [-0.3, -0.25) is 9.59 Å². The molecule has 0 radical (unpaired) electrons. The minimum atomic E-state index is -0.831. The molecule has 0 saturated carbocycles. The topological polar surface area (TPSA) is 102 Å². The molecule has 116 valence electrons. The molecule has 0 spiro atoms. The lowest BCUT2D eigenvalue weighted by Gasteiger charge is -2.02. The lowest BCUT2D eigenvalue weighted by Crippen LogP contribution is -2.18. The molecule has 8 heteroatoms. The number of aromatic amines is 1. The minimum absolute atomic E-state index is 0.198. The number of halogens is 1. The van der Waals surface area contributed by atoms with Crippen LogP contribution in [0.2, 0.25) is 0 Å². The van der Waals surface area contributed by atoms with Gasteiger partial charge in [-0.1, -0.05) is 12.1 Å². The maximum absolute atomic E-state index is 12.9. The van der Waals surface area contributed by atoms with E-state index in [1.165, 1.54) is 18.4 Å². The first-order valence-electron chi connectivity index (χ1n) is 6.74. The molecule has 0 aliphatic rings. The van der Waals surface area contributed by atoms with Crippen molar-refractivity contribution in [1.29, 1.82) is 0 Å². The first-order chi connectivity index (χ1) is 11.1. The van der Waals surface area contributed by atoms with Crippen molar-refractivity contribution in [3.8, 4) is 0 Å². The molecule has 0 aliphatic carbocycles. The molecule has 0 saturated heterocycles. The Hall–Kier alpha value is -3.16. The van der Waals surface area contributed by atoms with Crippen molar-refractivity contribution in [1.82, 2.24) is 20.6 Å². The summed E-state index contributed by atoms with van der Waals surface area (Å²) in [5, 5.41) is 12.3. The lowest BCUT2D eigenvalue weighted by molar-refractivity contribution is -0.114. The van der Waals surface area contributed by atoms with Crippen LogP contribution in [0.15, 0.2) is 41.0 Å². The summed E-state index contributed by atoms with van der Waals surface area (Å²) in [4.78, 5) is 23.8. The fourth-order valence-corrected chi connectivity index (χ4v) is 2.11. The highest BCUT2D eigenvalue weighted by Gasteiger charge is 2.23. The van der Waals surface area contributed by atoms with E-state index < -0.39 is 11.6 Å². The molecule has 0 fully saturated rings. The normalized spacial score (nSPS) is 10.7. The third kappa shape index (κ3) is 3.37. The van der Waals surface area contributed by atoms with Crippen LogP contribution in [0.1, 0.15) is 27.5 Å². The van der Waals surface area contributed by atoms with E-state index in [9.17, 15) is 14.0 Å². The van der Waals surface area contributed by atoms with E-state index in [0.29, 0.717) is 12.2 Å². The van der Waals surface area contributed by atoms with Crippen LogP contribution < -0.4 is 0 Å². The van der Waals surface area contributed by atoms with Gasteiger partial charge in [0.2, 0.25) is 11.6 Å². The fraction of sp³-hybridized carbons (Fsp3) is 0.133. The molecule has 23 heavy (non-hydrogen) atoms. The molecule has 0 aliphatic heterocycles. The van der Waals surface area contributed by atoms with E-state index in [1.54, 1.807) is 18.2 Å². The van der Waals surface area contributed by atoms with Crippen molar-refractivity contribution in [3.63, 3.8) is 0 Å². The number of carbonyl (C=O) groups is 2. The Kier molecular flexibility index (Phi) is 4.05. The van der Waals surface area contributed by atoms with Crippen molar-refractivity contribution in [3.05, 3.63) is 65.1 Å². The van der Waals surface area contributed by atoms with Crippen LogP contribution >= 0.6 is 0 Å². The highest BCUT2D eigenvalue weighted by Crippen LogP contribution is 2.17. The van der Waals surface area contributed by atoms with Crippen molar-refractivity contribution < 1.29 is 18.4 Å². The van der Waals surface area contributed by atoms with Crippen LogP contribution in [0.25, 0.3) is 0 Å². The summed E-state index contributed by atoms with van der Waals surface area (Å²) in [5.74, 6) is -1.73. The maximum Gasteiger partial charge on any atom is 0.269 e. The second-order valence-corrected chi connectivity index (χ2v) is 4.84. The zero-order chi connectivity index (χ0) is 16.2. The number of nitrogens with one attached hydrogen (secondary N) is 1. The van der Waals surface area contributed by atoms with E-state index in [-0.39, 0.29) is 18.1 Å². The summed E-state index contributed by atoms with van der Waals surface area (Å²) in [6.07, 6.45) is 1.72. The molecule has 1 N–H and O–H groups in total. The fourth-order valence-electron chi connectivity index (χ4n) is 2.11. The number of tetrazole rings is 1. The number of rotatable bonds is 6. The van der Waals surface area contributed by atoms with Crippen LogP contribution in [0.5, 0.6) is 0 Å². The summed E-state index contributed by atoms with van der Waals surface area (Å²) in [6, 6.07) is 7.74. The highest BCUT2D eigenvalue weighted by atomic mass is 19.1. The van der Waals surface area contributed by atoms with Crippen LogP contribution in [-0.4, -0.2) is 32.2 Å². The van der Waals surface area contributed by atoms with Gasteiger partial charge in [0.25, 0.3) is 5.78 Å². The molecular weight excluding hydrogens is 303 g/mol. The first kappa shape index (κ1) is 14.8. The number of carbonyl (C=O) groups excluding carboxylic acids is 2. The van der Waals surface area contributed by atoms with Crippen LogP contribution in [0, 0.1) is 5.82 Å². The van der Waals surface area contributed by atoms with Gasteiger partial charge in [-0.05, 0) is 34.5 Å². The van der Waals surface area contributed by atoms with Gasteiger partial charge in [0.1, 0.15) is 11.6 Å². The average molecular weight is 314 g/mol. The molecule has 7 nitrogen and oxygen atoms in total. The Morgan fingerprint density at radius 3 is 2.65 bits per heavy atom. The highest BCUT2D eigenvalue weighted by molar-refractivity contribution is 6.42. The van der Waals surface area contributed by atoms with Gasteiger partial charge in [0.15, 0.2) is 0 Å². The van der Waals surface area contributed by atoms with E-state index in [2.05, 4.69) is 20.6 Å². The number of Topliss-reactive ketones (excluding diaryl/α,β-unsaturated/α-hetero) is 2. The quantitative estimate of drug-likeness (QED) is 0.546. The number of hydrogen-bond acceptors (Lipinski definition) is 6. The molecule has 2 aromatic heterocycles. The van der Waals surface area contributed by atoms with Crippen molar-refractivity contribution in [2.75, 3.05) is 0 Å². The van der Waals surface area contributed by atoms with Gasteiger partial charge in [-0.2, -0.15) is 5.21 Å².